The third-order valence-electron chi connectivity index (χ3n) is 5.92. The van der Waals surface area contributed by atoms with Crippen molar-refractivity contribution in [1.82, 2.24) is 20.0 Å². The van der Waals surface area contributed by atoms with Crippen molar-refractivity contribution in [1.29, 1.82) is 0 Å². The van der Waals surface area contributed by atoms with Crippen LogP contribution in [0.15, 0.2) is 36.4 Å². The van der Waals surface area contributed by atoms with Gasteiger partial charge in [-0.1, -0.05) is 29.8 Å². The highest BCUT2D eigenvalue weighted by Crippen LogP contribution is 2.42. The van der Waals surface area contributed by atoms with Gasteiger partial charge in [-0.3, -0.25) is 4.79 Å². The number of hydrogen-bond acceptors (Lipinski definition) is 5. The zero-order valence-corrected chi connectivity index (χ0v) is 17.6. The van der Waals surface area contributed by atoms with Crippen molar-refractivity contribution in [3.63, 3.8) is 0 Å². The third kappa shape index (κ3) is 3.33. The number of carbonyl (C=O) groups excluding carboxylic acids is 1. The number of carbonyl (C=O) groups is 1. The van der Waals surface area contributed by atoms with E-state index in [4.69, 9.17) is 11.6 Å². The topological polar surface area (TPSA) is 75.9 Å². The maximum Gasteiger partial charge on any atom is 0.226 e. The predicted octanol–water partition coefficient (Wildman–Crippen LogP) is 4.09. The summed E-state index contributed by atoms with van der Waals surface area (Å²) < 4.78 is 1.68. The van der Waals surface area contributed by atoms with Crippen LogP contribution >= 0.6 is 11.6 Å². The van der Waals surface area contributed by atoms with Gasteiger partial charge in [0.25, 0.3) is 0 Å². The molecule has 0 saturated carbocycles. The lowest BCUT2D eigenvalue weighted by atomic mass is 9.86. The van der Waals surface area contributed by atoms with Crippen LogP contribution in [0.4, 0.5) is 11.6 Å². The van der Waals surface area contributed by atoms with Crippen molar-refractivity contribution in [2.45, 2.75) is 38.5 Å². The first-order chi connectivity index (χ1) is 14.6. The summed E-state index contributed by atoms with van der Waals surface area (Å²) in [6.45, 7) is 3.98. The molecular formula is C22H23ClN6O. The zero-order chi connectivity index (χ0) is 20.7. The van der Waals surface area contributed by atoms with Gasteiger partial charge in [-0.25, -0.2) is 0 Å². The van der Waals surface area contributed by atoms with Gasteiger partial charge in [0, 0.05) is 36.0 Å². The van der Waals surface area contributed by atoms with E-state index in [9.17, 15) is 4.79 Å². The number of nitrogens with one attached hydrogen (secondary N) is 1. The molecule has 0 bridgehead atoms. The van der Waals surface area contributed by atoms with Crippen LogP contribution < -0.4 is 10.2 Å². The van der Waals surface area contributed by atoms with Gasteiger partial charge in [-0.15, -0.1) is 10.2 Å². The van der Waals surface area contributed by atoms with Gasteiger partial charge in [0.05, 0.1) is 5.69 Å². The number of anilines is 2. The second-order valence-electron chi connectivity index (χ2n) is 7.88. The van der Waals surface area contributed by atoms with Gasteiger partial charge in [0.2, 0.25) is 5.91 Å². The molecule has 5 rings (SSSR count). The molecule has 2 aromatic heterocycles. The number of amides is 1. The van der Waals surface area contributed by atoms with E-state index in [2.05, 4.69) is 25.5 Å². The zero-order valence-electron chi connectivity index (χ0n) is 16.8. The van der Waals surface area contributed by atoms with Gasteiger partial charge in [-0.05, 0) is 49.9 Å². The first kappa shape index (κ1) is 19.1. The van der Waals surface area contributed by atoms with Crippen LogP contribution in [-0.4, -0.2) is 39.0 Å². The Hall–Kier alpha value is -2.93. The summed E-state index contributed by atoms with van der Waals surface area (Å²) in [5.41, 5.74) is 2.76. The van der Waals surface area contributed by atoms with Crippen LogP contribution in [0.25, 0.3) is 5.82 Å². The number of rotatable bonds is 3. The number of hydrogen-bond donors (Lipinski definition) is 1. The van der Waals surface area contributed by atoms with Crippen molar-refractivity contribution < 1.29 is 4.79 Å². The molecule has 1 unspecified atom stereocenters. The van der Waals surface area contributed by atoms with Crippen molar-refractivity contribution in [2.75, 3.05) is 23.3 Å². The molecular weight excluding hydrogens is 400 g/mol. The minimum absolute atomic E-state index is 0.0635. The molecule has 1 aromatic carbocycles. The fourth-order valence-electron chi connectivity index (χ4n) is 4.46. The molecule has 2 aliphatic heterocycles. The highest BCUT2D eigenvalue weighted by Gasteiger charge is 2.33. The van der Waals surface area contributed by atoms with Crippen molar-refractivity contribution in [3.05, 3.63) is 58.2 Å². The van der Waals surface area contributed by atoms with Crippen LogP contribution in [0.1, 0.15) is 48.4 Å². The van der Waals surface area contributed by atoms with Gasteiger partial charge >= 0.3 is 0 Å². The van der Waals surface area contributed by atoms with E-state index in [1.807, 2.05) is 43.3 Å². The number of benzene rings is 1. The summed E-state index contributed by atoms with van der Waals surface area (Å²) >= 11 is 6.45. The second-order valence-corrected chi connectivity index (χ2v) is 8.29. The Morgan fingerprint density at radius 2 is 1.77 bits per heavy atom. The Labute approximate surface area is 180 Å². The molecule has 0 spiro atoms. The SMILES string of the molecule is Cc1nn(-c2ccc(N3CCCCC3)nn2)c2c1C(c1ccccc1Cl)CC(=O)N2. The minimum atomic E-state index is -0.142. The molecule has 1 N–H and O–H groups in total. The van der Waals surface area contributed by atoms with Crippen LogP contribution in [0.5, 0.6) is 0 Å². The van der Waals surface area contributed by atoms with E-state index >= 15 is 0 Å². The summed E-state index contributed by atoms with van der Waals surface area (Å²) in [4.78, 5) is 14.8. The lowest BCUT2D eigenvalue weighted by molar-refractivity contribution is -0.116. The largest absolute Gasteiger partial charge is 0.355 e. The fourth-order valence-corrected chi connectivity index (χ4v) is 4.73. The first-order valence-electron chi connectivity index (χ1n) is 10.3. The standard InChI is InChI=1S/C22H23ClN6O/c1-14-21-16(15-7-3-4-8-17(15)23)13-20(30)24-22(21)29(27-14)19-10-9-18(25-26-19)28-11-5-2-6-12-28/h3-4,7-10,16H,2,5-6,11-13H2,1H3,(H,24,30). The Bertz CT molecular complexity index is 1090. The van der Waals surface area contributed by atoms with Crippen molar-refractivity contribution >= 4 is 29.1 Å². The first-order valence-corrected chi connectivity index (χ1v) is 10.7. The Morgan fingerprint density at radius 1 is 1.03 bits per heavy atom. The molecule has 1 amide bonds. The fraction of sp³-hybridized carbons (Fsp3) is 0.364. The van der Waals surface area contributed by atoms with Gasteiger partial charge in [0.15, 0.2) is 11.6 Å². The molecule has 4 heterocycles. The average molecular weight is 423 g/mol. The maximum absolute atomic E-state index is 12.5. The number of aromatic nitrogens is 4. The Balaban J connectivity index is 1.53. The van der Waals surface area contributed by atoms with E-state index in [0.717, 1.165) is 35.7 Å². The van der Waals surface area contributed by atoms with Gasteiger partial charge in [-0.2, -0.15) is 9.78 Å². The van der Waals surface area contributed by atoms with Gasteiger partial charge < -0.3 is 10.2 Å². The van der Waals surface area contributed by atoms with E-state index in [1.54, 1.807) is 4.68 Å². The van der Waals surface area contributed by atoms with E-state index in [-0.39, 0.29) is 11.8 Å². The molecule has 2 aliphatic rings. The molecule has 0 radical (unpaired) electrons. The molecule has 0 aliphatic carbocycles. The molecule has 1 fully saturated rings. The summed E-state index contributed by atoms with van der Waals surface area (Å²) in [6.07, 6.45) is 3.98. The molecule has 30 heavy (non-hydrogen) atoms. The number of piperidine rings is 1. The molecule has 8 heteroatoms. The summed E-state index contributed by atoms with van der Waals surface area (Å²) in [5.74, 6) is 1.91. The van der Waals surface area contributed by atoms with Crippen LogP contribution in [-0.2, 0) is 4.79 Å². The van der Waals surface area contributed by atoms with Crippen molar-refractivity contribution in [2.24, 2.45) is 0 Å². The predicted molar refractivity (Wildman–Crippen MR) is 116 cm³/mol. The molecule has 7 nitrogen and oxygen atoms in total. The number of nitrogens with zero attached hydrogens (tertiary/aromatic N) is 5. The minimum Gasteiger partial charge on any atom is -0.355 e. The second kappa shape index (κ2) is 7.72. The molecule has 1 atom stereocenters. The van der Waals surface area contributed by atoms with Crippen LogP contribution in [0.3, 0.4) is 0 Å². The molecule has 1 saturated heterocycles. The Morgan fingerprint density at radius 3 is 2.50 bits per heavy atom. The number of fused-ring (bicyclic) bond motifs is 1. The summed E-state index contributed by atoms with van der Waals surface area (Å²) in [7, 11) is 0. The monoisotopic (exact) mass is 422 g/mol. The lowest BCUT2D eigenvalue weighted by Gasteiger charge is -2.27. The lowest BCUT2D eigenvalue weighted by Crippen LogP contribution is -2.30. The van der Waals surface area contributed by atoms with Crippen molar-refractivity contribution in [3.8, 4) is 5.82 Å². The van der Waals surface area contributed by atoms with E-state index in [1.165, 1.54) is 19.3 Å². The summed E-state index contributed by atoms with van der Waals surface area (Å²) in [6, 6.07) is 11.6. The van der Waals surface area contributed by atoms with Gasteiger partial charge in [0.1, 0.15) is 5.82 Å². The van der Waals surface area contributed by atoms with Crippen LogP contribution in [0.2, 0.25) is 5.02 Å². The smallest absolute Gasteiger partial charge is 0.226 e. The normalized spacial score (nSPS) is 18.8. The number of aryl methyl sites for hydroxylation is 1. The maximum atomic E-state index is 12.5. The quantitative estimate of drug-likeness (QED) is 0.688. The number of halogens is 1. The van der Waals surface area contributed by atoms with Crippen LogP contribution in [0, 0.1) is 6.92 Å². The Kier molecular flexibility index (Phi) is 4.90. The third-order valence-corrected chi connectivity index (χ3v) is 6.26. The molecule has 3 aromatic rings. The highest BCUT2D eigenvalue weighted by molar-refractivity contribution is 6.31. The molecule has 154 valence electrons. The highest BCUT2D eigenvalue weighted by atomic mass is 35.5. The van der Waals surface area contributed by atoms with E-state index in [0.29, 0.717) is 23.1 Å². The van der Waals surface area contributed by atoms with E-state index < -0.39 is 0 Å². The average Bonchev–Trinajstić information content (AvgIpc) is 3.10. The summed E-state index contributed by atoms with van der Waals surface area (Å²) in [5, 5.41) is 17.2.